The van der Waals surface area contributed by atoms with Crippen LogP contribution in [-0.2, 0) is 4.79 Å². The van der Waals surface area contributed by atoms with Crippen molar-refractivity contribution in [3.63, 3.8) is 0 Å². The van der Waals surface area contributed by atoms with Crippen molar-refractivity contribution in [1.82, 2.24) is 10.6 Å². The topological polar surface area (TPSA) is 41.1 Å². The Bertz CT molecular complexity index is 430. The molecule has 2 atom stereocenters. The first kappa shape index (κ1) is 14.0. The molecular weight excluding hydrogens is 243 g/mol. The SMILES string of the molecule is CC(NC(=O)CC1CCCCN1)c1cccc(F)c1. The van der Waals surface area contributed by atoms with Crippen LogP contribution in [0.15, 0.2) is 24.3 Å². The number of carbonyl (C=O) groups is 1. The number of benzene rings is 1. The highest BCUT2D eigenvalue weighted by atomic mass is 19.1. The molecule has 3 nitrogen and oxygen atoms in total. The van der Waals surface area contributed by atoms with Gasteiger partial charge >= 0.3 is 0 Å². The summed E-state index contributed by atoms with van der Waals surface area (Å²) in [4.78, 5) is 11.9. The molecule has 1 heterocycles. The van der Waals surface area contributed by atoms with Crippen molar-refractivity contribution in [3.8, 4) is 0 Å². The molecule has 1 aliphatic heterocycles. The fraction of sp³-hybridized carbons (Fsp3) is 0.533. The van der Waals surface area contributed by atoms with Crippen LogP contribution in [0, 0.1) is 5.82 Å². The van der Waals surface area contributed by atoms with E-state index in [9.17, 15) is 9.18 Å². The molecular formula is C15H21FN2O. The zero-order valence-corrected chi connectivity index (χ0v) is 11.3. The molecule has 0 spiro atoms. The van der Waals surface area contributed by atoms with Crippen LogP contribution < -0.4 is 10.6 Å². The third-order valence-corrected chi connectivity index (χ3v) is 3.57. The smallest absolute Gasteiger partial charge is 0.222 e. The maximum absolute atomic E-state index is 13.1. The summed E-state index contributed by atoms with van der Waals surface area (Å²) in [5, 5.41) is 6.28. The summed E-state index contributed by atoms with van der Waals surface area (Å²) in [6.07, 6.45) is 3.93. The standard InChI is InChI=1S/C15H21FN2O/c1-11(12-5-4-6-13(16)9-12)18-15(19)10-14-7-2-3-8-17-14/h4-6,9,11,14,17H,2-3,7-8,10H2,1H3,(H,18,19). The first-order chi connectivity index (χ1) is 9.15. The normalized spacial score (nSPS) is 20.8. The van der Waals surface area contributed by atoms with Gasteiger partial charge in [0, 0.05) is 12.5 Å². The summed E-state index contributed by atoms with van der Waals surface area (Å²) in [6.45, 7) is 2.87. The quantitative estimate of drug-likeness (QED) is 0.877. The predicted octanol–water partition coefficient (Wildman–Crippen LogP) is 2.54. The Morgan fingerprint density at radius 1 is 1.53 bits per heavy atom. The van der Waals surface area contributed by atoms with E-state index in [1.54, 1.807) is 6.07 Å². The molecule has 0 saturated carbocycles. The van der Waals surface area contributed by atoms with Crippen LogP contribution in [-0.4, -0.2) is 18.5 Å². The van der Waals surface area contributed by atoms with E-state index in [0.717, 1.165) is 18.5 Å². The highest BCUT2D eigenvalue weighted by Gasteiger charge is 2.17. The number of hydrogen-bond acceptors (Lipinski definition) is 2. The third kappa shape index (κ3) is 4.31. The minimum atomic E-state index is -0.271. The zero-order chi connectivity index (χ0) is 13.7. The number of halogens is 1. The monoisotopic (exact) mass is 264 g/mol. The highest BCUT2D eigenvalue weighted by molar-refractivity contribution is 5.77. The Morgan fingerprint density at radius 2 is 2.37 bits per heavy atom. The van der Waals surface area contributed by atoms with E-state index in [-0.39, 0.29) is 23.8 Å². The van der Waals surface area contributed by atoms with Gasteiger partial charge in [-0.05, 0) is 44.0 Å². The Balaban J connectivity index is 1.84. The van der Waals surface area contributed by atoms with Gasteiger partial charge in [-0.15, -0.1) is 0 Å². The summed E-state index contributed by atoms with van der Waals surface area (Å²) in [5.41, 5.74) is 0.796. The number of rotatable bonds is 4. The van der Waals surface area contributed by atoms with Gasteiger partial charge < -0.3 is 10.6 Å². The Labute approximate surface area is 113 Å². The molecule has 0 bridgehead atoms. The molecule has 1 aliphatic rings. The first-order valence-electron chi connectivity index (χ1n) is 6.93. The maximum Gasteiger partial charge on any atom is 0.222 e. The Morgan fingerprint density at radius 3 is 3.05 bits per heavy atom. The van der Waals surface area contributed by atoms with Crippen molar-refractivity contribution >= 4 is 5.91 Å². The summed E-state index contributed by atoms with van der Waals surface area (Å²) >= 11 is 0. The second-order valence-electron chi connectivity index (χ2n) is 5.20. The van der Waals surface area contributed by atoms with Gasteiger partial charge in [0.05, 0.1) is 6.04 Å². The van der Waals surface area contributed by atoms with Gasteiger partial charge in [0.25, 0.3) is 0 Å². The summed E-state index contributed by atoms with van der Waals surface area (Å²) in [7, 11) is 0. The average molecular weight is 264 g/mol. The number of amides is 1. The molecule has 2 N–H and O–H groups in total. The van der Waals surface area contributed by atoms with Crippen molar-refractivity contribution in [1.29, 1.82) is 0 Å². The molecule has 1 fully saturated rings. The lowest BCUT2D eigenvalue weighted by Crippen LogP contribution is -2.39. The van der Waals surface area contributed by atoms with Crippen LogP contribution in [0.3, 0.4) is 0 Å². The van der Waals surface area contributed by atoms with Gasteiger partial charge in [-0.2, -0.15) is 0 Å². The van der Waals surface area contributed by atoms with E-state index in [1.165, 1.54) is 25.0 Å². The van der Waals surface area contributed by atoms with E-state index < -0.39 is 0 Å². The van der Waals surface area contributed by atoms with Gasteiger partial charge in [-0.1, -0.05) is 18.6 Å². The summed E-state index contributed by atoms with van der Waals surface area (Å²) in [6, 6.07) is 6.48. The highest BCUT2D eigenvalue weighted by Crippen LogP contribution is 2.15. The first-order valence-corrected chi connectivity index (χ1v) is 6.93. The minimum absolute atomic E-state index is 0.0242. The largest absolute Gasteiger partial charge is 0.350 e. The second-order valence-corrected chi connectivity index (χ2v) is 5.20. The van der Waals surface area contributed by atoms with Gasteiger partial charge in [-0.25, -0.2) is 4.39 Å². The van der Waals surface area contributed by atoms with Crippen molar-refractivity contribution in [2.45, 2.75) is 44.7 Å². The van der Waals surface area contributed by atoms with Crippen LogP contribution in [0.2, 0.25) is 0 Å². The lowest BCUT2D eigenvalue weighted by Gasteiger charge is -2.23. The van der Waals surface area contributed by atoms with Crippen LogP contribution in [0.5, 0.6) is 0 Å². The molecule has 4 heteroatoms. The molecule has 2 unspecified atom stereocenters. The van der Waals surface area contributed by atoms with Gasteiger partial charge in [-0.3, -0.25) is 4.79 Å². The van der Waals surface area contributed by atoms with Crippen LogP contribution in [0.25, 0.3) is 0 Å². The van der Waals surface area contributed by atoms with Gasteiger partial charge in [0.15, 0.2) is 0 Å². The van der Waals surface area contributed by atoms with Crippen LogP contribution in [0.4, 0.5) is 4.39 Å². The molecule has 1 saturated heterocycles. The van der Waals surface area contributed by atoms with E-state index >= 15 is 0 Å². The number of hydrogen-bond donors (Lipinski definition) is 2. The summed E-state index contributed by atoms with van der Waals surface area (Å²) < 4.78 is 13.1. The lowest BCUT2D eigenvalue weighted by atomic mass is 10.0. The van der Waals surface area contributed by atoms with Crippen molar-refractivity contribution in [3.05, 3.63) is 35.6 Å². The van der Waals surface area contributed by atoms with E-state index in [4.69, 9.17) is 0 Å². The number of nitrogens with one attached hydrogen (secondary N) is 2. The number of carbonyl (C=O) groups excluding carboxylic acids is 1. The van der Waals surface area contributed by atoms with E-state index in [2.05, 4.69) is 10.6 Å². The van der Waals surface area contributed by atoms with Crippen molar-refractivity contribution < 1.29 is 9.18 Å². The Kier molecular flexibility index (Phi) is 4.91. The molecule has 1 aromatic rings. The molecule has 104 valence electrons. The van der Waals surface area contributed by atoms with Crippen molar-refractivity contribution in [2.24, 2.45) is 0 Å². The molecule has 1 aromatic carbocycles. The molecule has 0 radical (unpaired) electrons. The predicted molar refractivity (Wildman–Crippen MR) is 73.2 cm³/mol. The zero-order valence-electron chi connectivity index (χ0n) is 11.3. The minimum Gasteiger partial charge on any atom is -0.350 e. The fourth-order valence-electron chi connectivity index (χ4n) is 2.48. The third-order valence-electron chi connectivity index (χ3n) is 3.57. The van der Waals surface area contributed by atoms with Crippen LogP contribution in [0.1, 0.15) is 44.2 Å². The number of piperidine rings is 1. The summed E-state index contributed by atoms with van der Waals surface area (Å²) in [5.74, 6) is -0.247. The maximum atomic E-state index is 13.1. The Hall–Kier alpha value is -1.42. The van der Waals surface area contributed by atoms with Crippen LogP contribution >= 0.6 is 0 Å². The fourth-order valence-corrected chi connectivity index (χ4v) is 2.48. The molecule has 0 aromatic heterocycles. The molecule has 19 heavy (non-hydrogen) atoms. The van der Waals surface area contributed by atoms with E-state index in [1.807, 2.05) is 13.0 Å². The lowest BCUT2D eigenvalue weighted by molar-refractivity contribution is -0.122. The van der Waals surface area contributed by atoms with Crippen molar-refractivity contribution in [2.75, 3.05) is 6.54 Å². The molecule has 2 rings (SSSR count). The van der Waals surface area contributed by atoms with E-state index in [0.29, 0.717) is 6.42 Å². The molecule has 1 amide bonds. The van der Waals surface area contributed by atoms with Gasteiger partial charge in [0.1, 0.15) is 5.82 Å². The molecule has 0 aliphatic carbocycles. The average Bonchev–Trinajstić information content (AvgIpc) is 2.39. The van der Waals surface area contributed by atoms with Gasteiger partial charge in [0.2, 0.25) is 5.91 Å². The second kappa shape index (κ2) is 6.66.